The van der Waals surface area contributed by atoms with Gasteiger partial charge in [0.1, 0.15) is 0 Å². The summed E-state index contributed by atoms with van der Waals surface area (Å²) in [6.45, 7) is 0. The molecule has 4 heteroatoms. The van der Waals surface area contributed by atoms with Crippen LogP contribution in [0.5, 0.6) is 0 Å². The van der Waals surface area contributed by atoms with Crippen LogP contribution in [0.3, 0.4) is 0 Å². The molecule has 2 aliphatic carbocycles. The Bertz CT molecular complexity index is 719. The molecule has 0 N–H and O–H groups in total. The predicted molar refractivity (Wildman–Crippen MR) is 79.2 cm³/mol. The fourth-order valence-corrected chi connectivity index (χ4v) is 3.21. The maximum Gasteiger partial charge on any atom is 0.235 e. The van der Waals surface area contributed by atoms with Gasteiger partial charge in [-0.2, -0.15) is 10.1 Å². The highest BCUT2D eigenvalue weighted by Crippen LogP contribution is 2.45. The number of aromatic nitrogens is 2. The minimum absolute atomic E-state index is 0.343. The quantitative estimate of drug-likeness (QED) is 0.635. The first-order valence-corrected chi connectivity index (χ1v) is 7.56. The first kappa shape index (κ1) is 12.5. The molecular weight excluding hydrogens is 262 g/mol. The van der Waals surface area contributed by atoms with Crippen molar-refractivity contribution in [1.29, 1.82) is 0 Å². The highest BCUT2D eigenvalue weighted by Gasteiger charge is 2.39. The molecule has 1 aromatic carbocycles. The lowest BCUT2D eigenvalue weighted by Crippen LogP contribution is -2.31. The van der Waals surface area contributed by atoms with Crippen LogP contribution in [0.15, 0.2) is 41.5 Å². The zero-order valence-electron chi connectivity index (χ0n) is 11.8. The van der Waals surface area contributed by atoms with Crippen molar-refractivity contribution in [2.45, 2.75) is 43.6 Å². The standard InChI is InChI=1S/C17H17N3O/c21-12-18-17(8-2-9-17)14-3-1-4-15(11-14)20-16(7-10-19-20)13-5-6-13/h1,3-4,7,10-11,13H,2,5-6,8-9H2. The van der Waals surface area contributed by atoms with Crippen molar-refractivity contribution < 1.29 is 4.79 Å². The fraction of sp³-hybridized carbons (Fsp3) is 0.412. The summed E-state index contributed by atoms with van der Waals surface area (Å²) in [4.78, 5) is 14.8. The van der Waals surface area contributed by atoms with Crippen LogP contribution in [-0.4, -0.2) is 15.9 Å². The Morgan fingerprint density at radius 1 is 1.29 bits per heavy atom. The van der Waals surface area contributed by atoms with Crippen LogP contribution in [-0.2, 0) is 10.3 Å². The zero-order chi connectivity index (χ0) is 14.3. The predicted octanol–water partition coefficient (Wildman–Crippen LogP) is 3.46. The molecule has 21 heavy (non-hydrogen) atoms. The number of carbonyl (C=O) groups excluding carboxylic acids is 1. The number of hydrogen-bond donors (Lipinski definition) is 0. The van der Waals surface area contributed by atoms with Gasteiger partial charge in [0.15, 0.2) is 0 Å². The zero-order valence-corrected chi connectivity index (χ0v) is 11.8. The molecule has 2 fully saturated rings. The molecule has 1 heterocycles. The lowest BCUT2D eigenvalue weighted by Gasteiger charge is -2.37. The second-order valence-electron chi connectivity index (χ2n) is 6.08. The van der Waals surface area contributed by atoms with E-state index in [9.17, 15) is 4.79 Å². The second kappa shape index (κ2) is 4.68. The van der Waals surface area contributed by atoms with Gasteiger partial charge in [0, 0.05) is 17.8 Å². The lowest BCUT2D eigenvalue weighted by molar-refractivity contribution is 0.256. The molecule has 0 radical (unpaired) electrons. The SMILES string of the molecule is O=C=NC1(c2cccc(-n3nccc3C3CC3)c2)CCC1. The van der Waals surface area contributed by atoms with E-state index in [1.165, 1.54) is 18.5 Å². The van der Waals surface area contributed by atoms with Crippen LogP contribution >= 0.6 is 0 Å². The van der Waals surface area contributed by atoms with Gasteiger partial charge < -0.3 is 0 Å². The summed E-state index contributed by atoms with van der Waals surface area (Å²) in [7, 11) is 0. The fourth-order valence-electron chi connectivity index (χ4n) is 3.21. The summed E-state index contributed by atoms with van der Waals surface area (Å²) in [6, 6.07) is 10.4. The summed E-state index contributed by atoms with van der Waals surface area (Å²) in [5, 5.41) is 4.47. The van der Waals surface area contributed by atoms with Crippen LogP contribution in [0, 0.1) is 0 Å². The lowest BCUT2D eigenvalue weighted by atomic mass is 9.72. The normalized spacial score (nSPS) is 19.6. The van der Waals surface area contributed by atoms with Crippen LogP contribution in [0.1, 0.15) is 49.3 Å². The van der Waals surface area contributed by atoms with Gasteiger partial charge in [-0.25, -0.2) is 9.48 Å². The number of nitrogens with zero attached hydrogens (tertiary/aromatic N) is 3. The number of rotatable bonds is 4. The number of benzene rings is 1. The highest BCUT2D eigenvalue weighted by atomic mass is 16.1. The maximum atomic E-state index is 10.7. The maximum absolute atomic E-state index is 10.7. The summed E-state index contributed by atoms with van der Waals surface area (Å²) >= 11 is 0. The molecule has 2 aliphatic rings. The first-order valence-electron chi connectivity index (χ1n) is 7.56. The van der Waals surface area contributed by atoms with E-state index in [0.717, 1.165) is 30.5 Å². The van der Waals surface area contributed by atoms with Gasteiger partial charge in [-0.1, -0.05) is 12.1 Å². The molecule has 0 unspecified atom stereocenters. The monoisotopic (exact) mass is 279 g/mol. The Labute approximate surface area is 123 Å². The summed E-state index contributed by atoms with van der Waals surface area (Å²) in [5.41, 5.74) is 3.11. The molecule has 0 saturated heterocycles. The van der Waals surface area contributed by atoms with Crippen molar-refractivity contribution in [3.8, 4) is 5.69 Å². The third kappa shape index (κ3) is 2.03. The molecule has 0 amide bonds. The molecule has 106 valence electrons. The van der Waals surface area contributed by atoms with Crippen molar-refractivity contribution >= 4 is 6.08 Å². The molecule has 2 aromatic rings. The third-order valence-electron chi connectivity index (χ3n) is 4.74. The summed E-state index contributed by atoms with van der Waals surface area (Å²) in [6.07, 6.45) is 9.11. The Kier molecular flexibility index (Phi) is 2.79. The number of isocyanates is 1. The van der Waals surface area contributed by atoms with E-state index in [4.69, 9.17) is 0 Å². The summed E-state index contributed by atoms with van der Waals surface area (Å²) in [5.74, 6) is 0.654. The average Bonchev–Trinajstić information content (AvgIpc) is 3.20. The van der Waals surface area contributed by atoms with Crippen molar-refractivity contribution in [1.82, 2.24) is 9.78 Å². The Balaban J connectivity index is 1.76. The van der Waals surface area contributed by atoms with Crippen molar-refractivity contribution in [3.63, 3.8) is 0 Å². The average molecular weight is 279 g/mol. The van der Waals surface area contributed by atoms with Gasteiger partial charge in [-0.05, 0) is 55.9 Å². The van der Waals surface area contributed by atoms with Gasteiger partial charge in [0.2, 0.25) is 6.08 Å². The smallest absolute Gasteiger partial charge is 0.235 e. The number of aliphatic imine (C=N–C) groups is 1. The highest BCUT2D eigenvalue weighted by molar-refractivity contribution is 5.44. The minimum Gasteiger partial charge on any atom is -0.238 e. The molecule has 0 bridgehead atoms. The van der Waals surface area contributed by atoms with Gasteiger partial charge in [-0.3, -0.25) is 0 Å². The van der Waals surface area contributed by atoms with E-state index in [1.807, 2.05) is 16.9 Å². The molecule has 4 rings (SSSR count). The van der Waals surface area contributed by atoms with E-state index in [1.54, 1.807) is 6.08 Å². The molecule has 1 aromatic heterocycles. The minimum atomic E-state index is -0.343. The van der Waals surface area contributed by atoms with Crippen LogP contribution in [0.4, 0.5) is 0 Å². The molecule has 2 saturated carbocycles. The van der Waals surface area contributed by atoms with E-state index >= 15 is 0 Å². The molecular formula is C17H17N3O. The largest absolute Gasteiger partial charge is 0.238 e. The van der Waals surface area contributed by atoms with E-state index in [2.05, 4.69) is 34.4 Å². The Morgan fingerprint density at radius 2 is 2.14 bits per heavy atom. The van der Waals surface area contributed by atoms with Gasteiger partial charge in [0.25, 0.3) is 0 Å². The third-order valence-corrected chi connectivity index (χ3v) is 4.74. The molecule has 4 nitrogen and oxygen atoms in total. The first-order chi connectivity index (χ1) is 10.3. The van der Waals surface area contributed by atoms with Crippen molar-refractivity contribution in [2.75, 3.05) is 0 Å². The van der Waals surface area contributed by atoms with Crippen LogP contribution in [0.25, 0.3) is 5.69 Å². The molecule has 0 spiro atoms. The van der Waals surface area contributed by atoms with Crippen molar-refractivity contribution in [3.05, 3.63) is 47.8 Å². The van der Waals surface area contributed by atoms with Crippen LogP contribution < -0.4 is 0 Å². The second-order valence-corrected chi connectivity index (χ2v) is 6.08. The van der Waals surface area contributed by atoms with Gasteiger partial charge in [0.05, 0.1) is 11.2 Å². The van der Waals surface area contributed by atoms with E-state index < -0.39 is 0 Å². The van der Waals surface area contributed by atoms with E-state index in [0.29, 0.717) is 5.92 Å². The molecule has 0 atom stereocenters. The van der Waals surface area contributed by atoms with Crippen LogP contribution in [0.2, 0.25) is 0 Å². The van der Waals surface area contributed by atoms with E-state index in [-0.39, 0.29) is 5.54 Å². The van der Waals surface area contributed by atoms with Gasteiger partial charge in [-0.15, -0.1) is 0 Å². The van der Waals surface area contributed by atoms with Crippen molar-refractivity contribution in [2.24, 2.45) is 4.99 Å². The topological polar surface area (TPSA) is 47.2 Å². The number of hydrogen-bond acceptors (Lipinski definition) is 3. The summed E-state index contributed by atoms with van der Waals surface area (Å²) < 4.78 is 2.03. The van der Waals surface area contributed by atoms with Gasteiger partial charge >= 0.3 is 0 Å². The Morgan fingerprint density at radius 3 is 2.81 bits per heavy atom. The molecule has 0 aliphatic heterocycles. The Hall–Kier alpha value is -2.19.